The number of sulfonamides is 1. The van der Waals surface area contributed by atoms with Crippen LogP contribution in [0.3, 0.4) is 0 Å². The molecule has 0 bridgehead atoms. The van der Waals surface area contributed by atoms with Crippen molar-refractivity contribution in [2.75, 3.05) is 33.4 Å². The summed E-state index contributed by atoms with van der Waals surface area (Å²) in [6.07, 6.45) is 1.67. The number of hydrogen-bond acceptors (Lipinski definition) is 4. The molecule has 0 unspecified atom stereocenters. The third-order valence-corrected chi connectivity index (χ3v) is 5.41. The van der Waals surface area contributed by atoms with E-state index in [2.05, 4.69) is 4.72 Å². The molecule has 7 heteroatoms. The minimum absolute atomic E-state index is 0.0610. The molecule has 1 atom stereocenters. The summed E-state index contributed by atoms with van der Waals surface area (Å²) in [5.41, 5.74) is 0.512. The Morgan fingerprint density at radius 1 is 1.35 bits per heavy atom. The van der Waals surface area contributed by atoms with Crippen LogP contribution in [-0.2, 0) is 14.8 Å². The Balaban J connectivity index is 2.03. The smallest absolute Gasteiger partial charge is 0.253 e. The molecule has 0 radical (unpaired) electrons. The van der Waals surface area contributed by atoms with Crippen LogP contribution in [0.25, 0.3) is 0 Å². The number of amides is 1. The molecule has 0 spiro atoms. The van der Waals surface area contributed by atoms with Gasteiger partial charge in [0.15, 0.2) is 0 Å². The Morgan fingerprint density at radius 3 is 2.65 bits per heavy atom. The lowest BCUT2D eigenvalue weighted by molar-refractivity contribution is 0.0775. The molecule has 0 aliphatic carbocycles. The fourth-order valence-electron chi connectivity index (χ4n) is 2.67. The first-order valence-electron chi connectivity index (χ1n) is 7.86. The van der Waals surface area contributed by atoms with Crippen LogP contribution in [0.15, 0.2) is 29.2 Å². The van der Waals surface area contributed by atoms with Crippen molar-refractivity contribution in [2.24, 2.45) is 5.92 Å². The van der Waals surface area contributed by atoms with Crippen LogP contribution in [-0.4, -0.2) is 52.6 Å². The summed E-state index contributed by atoms with van der Waals surface area (Å²) in [4.78, 5) is 14.4. The lowest BCUT2D eigenvalue weighted by Crippen LogP contribution is -2.29. The van der Waals surface area contributed by atoms with E-state index in [0.29, 0.717) is 37.7 Å². The maximum absolute atomic E-state index is 12.4. The summed E-state index contributed by atoms with van der Waals surface area (Å²) in [6.45, 7) is 4.36. The Bertz CT molecular complexity index is 628. The Hall–Kier alpha value is -1.44. The molecular formula is C16H24N2O4S. The molecule has 6 nitrogen and oxygen atoms in total. The molecule has 0 saturated carbocycles. The molecule has 2 rings (SSSR count). The first kappa shape index (κ1) is 17.9. The second-order valence-electron chi connectivity index (χ2n) is 5.78. The van der Waals surface area contributed by atoms with Gasteiger partial charge in [0.25, 0.3) is 5.91 Å². The minimum atomic E-state index is -3.49. The first-order valence-corrected chi connectivity index (χ1v) is 9.34. The van der Waals surface area contributed by atoms with Gasteiger partial charge in [-0.25, -0.2) is 13.1 Å². The highest BCUT2D eigenvalue weighted by Crippen LogP contribution is 2.20. The lowest BCUT2D eigenvalue weighted by atomic mass is 10.1. The van der Waals surface area contributed by atoms with Crippen molar-refractivity contribution in [3.63, 3.8) is 0 Å². The van der Waals surface area contributed by atoms with Crippen molar-refractivity contribution in [3.8, 4) is 0 Å². The zero-order chi connectivity index (χ0) is 16.9. The number of carbonyl (C=O) groups is 1. The van der Waals surface area contributed by atoms with Gasteiger partial charge in [-0.15, -0.1) is 0 Å². The topological polar surface area (TPSA) is 75.7 Å². The molecule has 1 heterocycles. The molecule has 1 saturated heterocycles. The molecule has 1 aromatic carbocycles. The molecule has 1 fully saturated rings. The number of methoxy groups -OCH3 is 1. The second kappa shape index (κ2) is 7.90. The van der Waals surface area contributed by atoms with Crippen LogP contribution in [0.1, 0.15) is 30.1 Å². The SMILES string of the molecule is CCCNS(=O)(=O)c1ccc(C(=O)N2CC[C@@H](COC)C2)cc1. The van der Waals surface area contributed by atoms with E-state index < -0.39 is 10.0 Å². The van der Waals surface area contributed by atoms with Crippen molar-refractivity contribution < 1.29 is 17.9 Å². The highest BCUT2D eigenvalue weighted by atomic mass is 32.2. The number of likely N-dealkylation sites (tertiary alicyclic amines) is 1. The minimum Gasteiger partial charge on any atom is -0.384 e. The number of hydrogen-bond donors (Lipinski definition) is 1. The molecule has 1 aliphatic heterocycles. The largest absolute Gasteiger partial charge is 0.384 e. The average molecular weight is 340 g/mol. The Kier molecular flexibility index (Phi) is 6.15. The summed E-state index contributed by atoms with van der Waals surface area (Å²) in [5.74, 6) is 0.316. The van der Waals surface area contributed by atoms with Gasteiger partial charge in [-0.1, -0.05) is 6.92 Å². The molecule has 1 amide bonds. The molecular weight excluding hydrogens is 316 g/mol. The molecule has 23 heavy (non-hydrogen) atoms. The molecule has 1 aromatic rings. The summed E-state index contributed by atoms with van der Waals surface area (Å²) in [6, 6.07) is 6.11. The number of nitrogens with one attached hydrogen (secondary N) is 1. The van der Waals surface area contributed by atoms with Gasteiger partial charge in [0.05, 0.1) is 11.5 Å². The molecule has 0 aromatic heterocycles. The number of rotatable bonds is 7. The maximum atomic E-state index is 12.4. The summed E-state index contributed by atoms with van der Waals surface area (Å²) < 4.78 is 31.7. The van der Waals surface area contributed by atoms with E-state index in [4.69, 9.17) is 4.74 Å². The zero-order valence-corrected chi connectivity index (χ0v) is 14.4. The second-order valence-corrected chi connectivity index (χ2v) is 7.55. The number of nitrogens with zero attached hydrogens (tertiary/aromatic N) is 1. The highest BCUT2D eigenvalue weighted by Gasteiger charge is 2.27. The number of carbonyl (C=O) groups excluding carboxylic acids is 1. The lowest BCUT2D eigenvalue weighted by Gasteiger charge is -2.16. The van der Waals surface area contributed by atoms with Gasteiger partial charge in [0, 0.05) is 38.2 Å². The van der Waals surface area contributed by atoms with Crippen molar-refractivity contribution in [3.05, 3.63) is 29.8 Å². The normalized spacial score (nSPS) is 18.3. The molecule has 1 aliphatic rings. The van der Waals surface area contributed by atoms with Gasteiger partial charge < -0.3 is 9.64 Å². The fourth-order valence-corrected chi connectivity index (χ4v) is 3.80. The van der Waals surface area contributed by atoms with Gasteiger partial charge in [0.2, 0.25) is 10.0 Å². The third-order valence-electron chi connectivity index (χ3n) is 3.93. The Labute approximate surface area is 137 Å². The van der Waals surface area contributed by atoms with Crippen LogP contribution in [0, 0.1) is 5.92 Å². The van der Waals surface area contributed by atoms with Crippen LogP contribution in [0.2, 0.25) is 0 Å². The van der Waals surface area contributed by atoms with E-state index in [9.17, 15) is 13.2 Å². The summed E-state index contributed by atoms with van der Waals surface area (Å²) in [7, 11) is -1.83. The predicted octanol–water partition coefficient (Wildman–Crippen LogP) is 1.48. The maximum Gasteiger partial charge on any atom is 0.253 e. The van der Waals surface area contributed by atoms with E-state index in [1.165, 1.54) is 12.1 Å². The summed E-state index contributed by atoms with van der Waals surface area (Å²) >= 11 is 0. The van der Waals surface area contributed by atoms with E-state index >= 15 is 0 Å². The van der Waals surface area contributed by atoms with Crippen molar-refractivity contribution in [1.29, 1.82) is 0 Å². The number of ether oxygens (including phenoxy) is 1. The van der Waals surface area contributed by atoms with Crippen molar-refractivity contribution >= 4 is 15.9 Å². The van der Waals surface area contributed by atoms with Gasteiger partial charge >= 0.3 is 0 Å². The van der Waals surface area contributed by atoms with Crippen LogP contribution in [0.5, 0.6) is 0 Å². The van der Waals surface area contributed by atoms with Gasteiger partial charge in [0.1, 0.15) is 0 Å². The molecule has 128 valence electrons. The van der Waals surface area contributed by atoms with E-state index in [1.807, 2.05) is 6.92 Å². The highest BCUT2D eigenvalue weighted by molar-refractivity contribution is 7.89. The average Bonchev–Trinajstić information content (AvgIpc) is 3.01. The van der Waals surface area contributed by atoms with E-state index in [1.54, 1.807) is 24.1 Å². The quantitative estimate of drug-likeness (QED) is 0.816. The van der Waals surface area contributed by atoms with Crippen LogP contribution in [0.4, 0.5) is 0 Å². The third kappa shape index (κ3) is 4.53. The summed E-state index contributed by atoms with van der Waals surface area (Å²) in [5, 5.41) is 0. The Morgan fingerprint density at radius 2 is 2.04 bits per heavy atom. The van der Waals surface area contributed by atoms with E-state index in [-0.39, 0.29) is 10.8 Å². The fraction of sp³-hybridized carbons (Fsp3) is 0.562. The predicted molar refractivity (Wildman–Crippen MR) is 87.8 cm³/mol. The van der Waals surface area contributed by atoms with Gasteiger partial charge in [-0.3, -0.25) is 4.79 Å². The zero-order valence-electron chi connectivity index (χ0n) is 13.6. The monoisotopic (exact) mass is 340 g/mol. The molecule has 1 N–H and O–H groups in total. The van der Waals surface area contributed by atoms with Crippen molar-refractivity contribution in [1.82, 2.24) is 9.62 Å². The van der Waals surface area contributed by atoms with Crippen LogP contribution < -0.4 is 4.72 Å². The first-order chi connectivity index (χ1) is 11.0. The standard InChI is InChI=1S/C16H24N2O4S/c1-3-9-17-23(20,21)15-6-4-14(5-7-15)16(19)18-10-8-13(11-18)12-22-2/h4-7,13,17H,3,8-12H2,1-2H3/t13-/m1/s1. The van der Waals surface area contributed by atoms with Gasteiger partial charge in [-0.2, -0.15) is 0 Å². The van der Waals surface area contributed by atoms with Crippen molar-refractivity contribution in [2.45, 2.75) is 24.7 Å². The number of benzene rings is 1. The van der Waals surface area contributed by atoms with Gasteiger partial charge in [-0.05, 0) is 37.1 Å². The van der Waals surface area contributed by atoms with E-state index in [0.717, 1.165) is 12.8 Å². The van der Waals surface area contributed by atoms with Crippen LogP contribution >= 0.6 is 0 Å².